The lowest BCUT2D eigenvalue weighted by atomic mass is 10.2. The second kappa shape index (κ2) is 8.85. The number of hydrogen-bond acceptors (Lipinski definition) is 3. The molecule has 2 aromatic rings. The summed E-state index contributed by atoms with van der Waals surface area (Å²) in [6.07, 6.45) is 0. The molecule has 4 nitrogen and oxygen atoms in total. The fraction of sp³-hybridized carbons (Fsp3) is 0.278. The number of carbonyl (C=O) groups excluding carboxylic acids is 1. The Kier molecular flexibility index (Phi) is 6.65. The van der Waals surface area contributed by atoms with Crippen molar-refractivity contribution in [1.82, 2.24) is 4.90 Å². The average Bonchev–Trinajstić information content (AvgIpc) is 2.70. The minimum absolute atomic E-state index is 0.0399. The zero-order valence-electron chi connectivity index (χ0n) is 14.6. The number of nitrogens with zero attached hydrogens (tertiary/aromatic N) is 2. The van der Waals surface area contributed by atoms with E-state index in [1.165, 1.54) is 17.0 Å². The highest BCUT2D eigenvalue weighted by atomic mass is 35.5. The number of ether oxygens (including phenoxy) is 1. The number of benzene rings is 2. The van der Waals surface area contributed by atoms with Gasteiger partial charge in [0.15, 0.2) is 29.9 Å². The Balaban J connectivity index is 1.63. The van der Waals surface area contributed by atoms with Gasteiger partial charge in [0.05, 0.1) is 5.02 Å². The highest BCUT2D eigenvalue weighted by Crippen LogP contribution is 2.34. The maximum absolute atomic E-state index is 14.1. The second-order valence-electron chi connectivity index (χ2n) is 6.15. The smallest absolute Gasteiger partial charge is 0.260 e. The molecule has 3 rings (SSSR count). The van der Waals surface area contributed by atoms with E-state index in [0.717, 1.165) is 4.90 Å². The zero-order chi connectivity index (χ0) is 21.3. The van der Waals surface area contributed by atoms with Crippen molar-refractivity contribution in [3.63, 3.8) is 0 Å². The molecule has 0 radical (unpaired) electrons. The van der Waals surface area contributed by atoms with Crippen LogP contribution < -0.4 is 9.64 Å². The van der Waals surface area contributed by atoms with Crippen molar-refractivity contribution in [3.8, 4) is 5.75 Å². The van der Waals surface area contributed by atoms with Gasteiger partial charge in [0, 0.05) is 31.2 Å². The van der Waals surface area contributed by atoms with Gasteiger partial charge in [-0.1, -0.05) is 34.8 Å². The number of piperazine rings is 1. The summed E-state index contributed by atoms with van der Waals surface area (Å²) in [4.78, 5) is 14.8. The van der Waals surface area contributed by atoms with Gasteiger partial charge in [0.2, 0.25) is 0 Å². The minimum Gasteiger partial charge on any atom is -0.482 e. The zero-order valence-corrected chi connectivity index (χ0v) is 16.9. The fourth-order valence-electron chi connectivity index (χ4n) is 2.87. The number of anilines is 1. The molecule has 156 valence electrons. The number of halogens is 7. The van der Waals surface area contributed by atoms with Crippen molar-refractivity contribution in [2.24, 2.45) is 0 Å². The van der Waals surface area contributed by atoms with Crippen LogP contribution in [0.25, 0.3) is 0 Å². The molecule has 0 bridgehead atoms. The maximum Gasteiger partial charge on any atom is 0.260 e. The Morgan fingerprint density at radius 1 is 0.931 bits per heavy atom. The minimum atomic E-state index is -1.66. The molecular weight excluding hydrogens is 459 g/mol. The van der Waals surface area contributed by atoms with E-state index in [4.69, 9.17) is 39.5 Å². The van der Waals surface area contributed by atoms with Crippen molar-refractivity contribution < 1.29 is 27.1 Å². The third kappa shape index (κ3) is 4.49. The third-order valence-electron chi connectivity index (χ3n) is 4.38. The van der Waals surface area contributed by atoms with Crippen LogP contribution in [0.1, 0.15) is 0 Å². The molecule has 0 N–H and O–H groups in total. The van der Waals surface area contributed by atoms with E-state index in [1.807, 2.05) is 0 Å². The summed E-state index contributed by atoms with van der Waals surface area (Å²) in [7, 11) is 0. The maximum atomic E-state index is 14.1. The van der Waals surface area contributed by atoms with Gasteiger partial charge in [0.1, 0.15) is 16.5 Å². The molecular formula is C18H13Cl3F4N2O2. The Hall–Kier alpha value is -1.90. The summed E-state index contributed by atoms with van der Waals surface area (Å²) in [5.41, 5.74) is -0.847. The number of hydrogen-bond donors (Lipinski definition) is 0. The van der Waals surface area contributed by atoms with Crippen molar-refractivity contribution in [2.75, 3.05) is 37.7 Å². The SMILES string of the molecule is O=C(COc1ccc(Cl)cc1Cl)N1CCN(c2c(F)c(F)c(Cl)c(F)c2F)CC1. The Bertz CT molecular complexity index is 924. The topological polar surface area (TPSA) is 32.8 Å². The first kappa shape index (κ1) is 21.8. The molecule has 1 aliphatic heterocycles. The average molecular weight is 472 g/mol. The second-order valence-corrected chi connectivity index (χ2v) is 7.37. The first-order valence-corrected chi connectivity index (χ1v) is 9.46. The molecule has 11 heteroatoms. The molecule has 2 aromatic carbocycles. The molecule has 29 heavy (non-hydrogen) atoms. The van der Waals surface area contributed by atoms with Crippen molar-refractivity contribution >= 4 is 46.4 Å². The van der Waals surface area contributed by atoms with Gasteiger partial charge in [-0.25, -0.2) is 17.6 Å². The Morgan fingerprint density at radius 2 is 1.52 bits per heavy atom. The standard InChI is InChI=1S/C18H13Cl3F4N2O2/c19-9-1-2-11(10(20)7-9)29-8-12(28)26-3-5-27(6-4-26)18-16(24)14(22)13(21)15(23)17(18)25/h1-2,7H,3-6,8H2. The molecule has 1 amide bonds. The Morgan fingerprint density at radius 3 is 2.07 bits per heavy atom. The van der Waals surface area contributed by atoms with Crippen LogP contribution in [0, 0.1) is 23.3 Å². The van der Waals surface area contributed by atoms with Gasteiger partial charge in [-0.2, -0.15) is 0 Å². The molecule has 0 aromatic heterocycles. The molecule has 0 atom stereocenters. The summed E-state index contributed by atoms with van der Waals surface area (Å²) >= 11 is 17.0. The number of carbonyl (C=O) groups is 1. The van der Waals surface area contributed by atoms with E-state index >= 15 is 0 Å². The first-order chi connectivity index (χ1) is 13.7. The molecule has 0 spiro atoms. The van der Waals surface area contributed by atoms with Crippen LogP contribution in [0.3, 0.4) is 0 Å². The lowest BCUT2D eigenvalue weighted by Crippen LogP contribution is -2.50. The van der Waals surface area contributed by atoms with Crippen LogP contribution in [0.4, 0.5) is 23.2 Å². The van der Waals surface area contributed by atoms with Crippen LogP contribution in [-0.2, 0) is 4.79 Å². The van der Waals surface area contributed by atoms with Gasteiger partial charge in [-0.3, -0.25) is 4.79 Å². The molecule has 0 unspecified atom stereocenters. The van der Waals surface area contributed by atoms with Crippen molar-refractivity contribution in [3.05, 3.63) is 56.5 Å². The largest absolute Gasteiger partial charge is 0.482 e. The van der Waals surface area contributed by atoms with Crippen LogP contribution in [0.15, 0.2) is 18.2 Å². The van der Waals surface area contributed by atoms with Gasteiger partial charge < -0.3 is 14.5 Å². The summed E-state index contributed by atoms with van der Waals surface area (Å²) in [6, 6.07) is 4.54. The quantitative estimate of drug-likeness (QED) is 0.360. The van der Waals surface area contributed by atoms with Crippen molar-refractivity contribution in [2.45, 2.75) is 0 Å². The molecule has 1 aliphatic rings. The number of amides is 1. The molecule has 1 fully saturated rings. The summed E-state index contributed by atoms with van der Waals surface area (Å²) < 4.78 is 60.9. The highest BCUT2D eigenvalue weighted by Gasteiger charge is 2.30. The molecule has 1 heterocycles. The fourth-order valence-corrected chi connectivity index (χ4v) is 3.50. The summed E-state index contributed by atoms with van der Waals surface area (Å²) in [6.45, 7) is -0.250. The van der Waals surface area contributed by atoms with Crippen molar-refractivity contribution in [1.29, 1.82) is 0 Å². The lowest BCUT2D eigenvalue weighted by molar-refractivity contribution is -0.133. The van der Waals surface area contributed by atoms with Gasteiger partial charge in [0.25, 0.3) is 5.91 Å². The predicted molar refractivity (Wildman–Crippen MR) is 102 cm³/mol. The normalized spacial score (nSPS) is 14.3. The molecule has 0 aliphatic carbocycles. The highest BCUT2D eigenvalue weighted by molar-refractivity contribution is 6.35. The van der Waals surface area contributed by atoms with Crippen LogP contribution in [0.2, 0.25) is 15.1 Å². The van der Waals surface area contributed by atoms with Crippen LogP contribution in [-0.4, -0.2) is 43.6 Å². The van der Waals surface area contributed by atoms with Gasteiger partial charge in [-0.05, 0) is 18.2 Å². The summed E-state index contributed by atoms with van der Waals surface area (Å²) in [5.74, 6) is -6.58. The van der Waals surface area contributed by atoms with E-state index in [9.17, 15) is 22.4 Å². The van der Waals surface area contributed by atoms with Gasteiger partial charge >= 0.3 is 0 Å². The van der Waals surface area contributed by atoms with Gasteiger partial charge in [-0.15, -0.1) is 0 Å². The first-order valence-electron chi connectivity index (χ1n) is 8.32. The molecule has 1 saturated heterocycles. The monoisotopic (exact) mass is 470 g/mol. The van der Waals surface area contributed by atoms with E-state index in [-0.39, 0.29) is 49.5 Å². The van der Waals surface area contributed by atoms with E-state index in [0.29, 0.717) is 5.02 Å². The predicted octanol–water partition coefficient (Wildman–Crippen LogP) is 4.93. The number of rotatable bonds is 4. The summed E-state index contributed by atoms with van der Waals surface area (Å²) in [5, 5.41) is -0.581. The third-order valence-corrected chi connectivity index (χ3v) is 5.24. The van der Waals surface area contributed by atoms with E-state index in [1.54, 1.807) is 6.07 Å². The lowest BCUT2D eigenvalue weighted by Gasteiger charge is -2.36. The molecule has 0 saturated carbocycles. The Labute approximate surface area is 178 Å². The van der Waals surface area contributed by atoms with Crippen LogP contribution >= 0.6 is 34.8 Å². The van der Waals surface area contributed by atoms with Crippen LogP contribution in [0.5, 0.6) is 5.75 Å². The van der Waals surface area contributed by atoms with E-state index < -0.39 is 34.0 Å². The van der Waals surface area contributed by atoms with E-state index in [2.05, 4.69) is 0 Å².